The number of nitrogens with zero attached hydrogens (tertiary/aromatic N) is 2. The summed E-state index contributed by atoms with van der Waals surface area (Å²) < 4.78 is 15.4. The number of morpholine rings is 1. The van der Waals surface area contributed by atoms with Crippen molar-refractivity contribution in [3.05, 3.63) is 70.6 Å². The van der Waals surface area contributed by atoms with Crippen molar-refractivity contribution in [3.8, 4) is 0 Å². The third-order valence-corrected chi connectivity index (χ3v) is 4.65. The largest absolute Gasteiger partial charge is 0.457 e. The Morgan fingerprint density at radius 2 is 1.81 bits per heavy atom. The van der Waals surface area contributed by atoms with Crippen molar-refractivity contribution in [3.63, 3.8) is 0 Å². The van der Waals surface area contributed by atoms with Gasteiger partial charge in [-0.3, -0.25) is 14.4 Å². The fraction of sp³-hybridized carbons (Fsp3) is 0.273. The van der Waals surface area contributed by atoms with Gasteiger partial charge in [0.2, 0.25) is 6.10 Å². The summed E-state index contributed by atoms with van der Waals surface area (Å²) in [6.07, 6.45) is -3.28. The summed E-state index contributed by atoms with van der Waals surface area (Å²) in [7, 11) is 0. The van der Waals surface area contributed by atoms with Crippen LogP contribution < -0.4 is 4.90 Å². The number of rotatable bonds is 7. The van der Waals surface area contributed by atoms with Gasteiger partial charge in [0.25, 0.3) is 5.91 Å². The summed E-state index contributed by atoms with van der Waals surface area (Å²) in [5, 5.41) is 2.25. The number of anilines is 1. The maximum Gasteiger partial charge on any atom is 0.338 e. The number of carbonyl (C=O) groups is 4. The number of carbonyl (C=O) groups excluding carboxylic acids is 4. The zero-order chi connectivity index (χ0) is 23.1. The first kappa shape index (κ1) is 22.8. The minimum atomic E-state index is -1.77. The van der Waals surface area contributed by atoms with Crippen LogP contribution in [0.15, 0.2) is 59.8 Å². The molecule has 3 rings (SSSR count). The third-order valence-electron chi connectivity index (χ3n) is 4.65. The second-order valence-corrected chi connectivity index (χ2v) is 6.85. The Bertz CT molecular complexity index is 1010. The van der Waals surface area contributed by atoms with Gasteiger partial charge in [-0.25, -0.2) is 4.79 Å². The van der Waals surface area contributed by atoms with Crippen molar-refractivity contribution in [1.29, 1.82) is 0 Å². The zero-order valence-corrected chi connectivity index (χ0v) is 17.1. The number of hydrogen-bond acceptors (Lipinski definition) is 8. The number of esters is 2. The first-order valence-electron chi connectivity index (χ1n) is 9.69. The van der Waals surface area contributed by atoms with Gasteiger partial charge in [-0.1, -0.05) is 30.3 Å². The predicted molar refractivity (Wildman–Crippen MR) is 110 cm³/mol. The normalized spacial score (nSPS) is 16.7. The molecule has 1 saturated heterocycles. The van der Waals surface area contributed by atoms with E-state index in [4.69, 9.17) is 14.2 Å². The lowest BCUT2D eigenvalue weighted by molar-refractivity contribution is -0.168. The summed E-state index contributed by atoms with van der Waals surface area (Å²) in [4.78, 5) is 60.1. The van der Waals surface area contributed by atoms with Crippen molar-refractivity contribution < 1.29 is 33.4 Å². The molecule has 1 aliphatic heterocycles. The van der Waals surface area contributed by atoms with Crippen LogP contribution >= 0.6 is 0 Å². The Morgan fingerprint density at radius 3 is 2.44 bits per heavy atom. The predicted octanol–water partition coefficient (Wildman–Crippen LogP) is 2.00. The molecule has 2 atom stereocenters. The molecule has 0 aliphatic carbocycles. The van der Waals surface area contributed by atoms with E-state index in [1.54, 1.807) is 12.1 Å². The average molecular weight is 440 g/mol. The van der Waals surface area contributed by atoms with E-state index >= 15 is 0 Å². The lowest BCUT2D eigenvalue weighted by atomic mass is 10.1. The smallest absolute Gasteiger partial charge is 0.338 e. The van der Waals surface area contributed by atoms with Crippen LogP contribution in [-0.4, -0.2) is 49.1 Å². The molecule has 2 amide bonds. The fourth-order valence-corrected chi connectivity index (χ4v) is 3.14. The van der Waals surface area contributed by atoms with Gasteiger partial charge in [0.15, 0.2) is 6.10 Å². The summed E-state index contributed by atoms with van der Waals surface area (Å²) in [6.45, 7) is 1.34. The molecule has 1 heterocycles. The molecular weight excluding hydrogens is 420 g/mol. The van der Waals surface area contributed by atoms with Gasteiger partial charge in [0, 0.05) is 24.3 Å². The van der Waals surface area contributed by atoms with Crippen LogP contribution in [0.4, 0.5) is 5.69 Å². The van der Waals surface area contributed by atoms with Gasteiger partial charge in [-0.2, -0.15) is 0 Å². The molecule has 0 spiro atoms. The number of benzene rings is 2. The SMILES string of the molecule is CC(=O)O[C@@H](C(=O)N=O)[C@H]1OCCN(c2ccc(C(=O)OCc3ccccc3)cc2)C1=O. The molecule has 0 unspecified atom stereocenters. The van der Waals surface area contributed by atoms with Crippen LogP contribution in [-0.2, 0) is 35.2 Å². The Balaban J connectivity index is 1.69. The van der Waals surface area contributed by atoms with Crippen molar-refractivity contribution in [2.24, 2.45) is 5.18 Å². The molecule has 0 N–H and O–H groups in total. The van der Waals surface area contributed by atoms with E-state index in [0.717, 1.165) is 12.5 Å². The molecule has 32 heavy (non-hydrogen) atoms. The van der Waals surface area contributed by atoms with Crippen LogP contribution in [0.3, 0.4) is 0 Å². The molecule has 1 fully saturated rings. The molecular formula is C22H20N2O8. The molecule has 0 radical (unpaired) electrons. The van der Waals surface area contributed by atoms with Gasteiger partial charge < -0.3 is 19.1 Å². The highest BCUT2D eigenvalue weighted by atomic mass is 16.6. The molecule has 10 heteroatoms. The lowest BCUT2D eigenvalue weighted by Gasteiger charge is -2.34. The monoisotopic (exact) mass is 440 g/mol. The molecule has 0 aromatic heterocycles. The topological polar surface area (TPSA) is 129 Å². The Labute approximate surface area is 183 Å². The standard InChI is InChI=1S/C22H20N2O8/c1-14(25)32-18(20(26)23-29)19-21(27)24(11-12-30-19)17-9-7-16(8-10-17)22(28)31-13-15-5-3-2-4-6-15/h2-10,18-19H,11-13H2,1H3/t18-,19-/m1/s1. The van der Waals surface area contributed by atoms with Crippen LogP contribution in [0, 0.1) is 4.91 Å². The highest BCUT2D eigenvalue weighted by Gasteiger charge is 2.43. The van der Waals surface area contributed by atoms with Crippen LogP contribution in [0.25, 0.3) is 0 Å². The Hall–Kier alpha value is -3.92. The van der Waals surface area contributed by atoms with E-state index in [1.165, 1.54) is 17.0 Å². The molecule has 1 aliphatic rings. The van der Waals surface area contributed by atoms with Crippen molar-refractivity contribution in [2.45, 2.75) is 25.7 Å². The highest BCUT2D eigenvalue weighted by Crippen LogP contribution is 2.23. The minimum Gasteiger partial charge on any atom is -0.457 e. The van der Waals surface area contributed by atoms with Crippen LogP contribution in [0.1, 0.15) is 22.8 Å². The van der Waals surface area contributed by atoms with Crippen molar-refractivity contribution in [2.75, 3.05) is 18.1 Å². The van der Waals surface area contributed by atoms with Crippen LogP contribution in [0.5, 0.6) is 0 Å². The first-order valence-corrected chi connectivity index (χ1v) is 9.69. The molecule has 166 valence electrons. The quantitative estimate of drug-likeness (QED) is 0.472. The van der Waals surface area contributed by atoms with Gasteiger partial charge in [-0.15, -0.1) is 4.91 Å². The molecule has 0 bridgehead atoms. The number of ether oxygens (including phenoxy) is 3. The van der Waals surface area contributed by atoms with Gasteiger partial charge >= 0.3 is 17.8 Å². The number of amides is 2. The second-order valence-electron chi connectivity index (χ2n) is 6.85. The lowest BCUT2D eigenvalue weighted by Crippen LogP contribution is -2.55. The summed E-state index contributed by atoms with van der Waals surface area (Å²) in [5.74, 6) is -3.39. The van der Waals surface area contributed by atoms with Gasteiger partial charge in [0.1, 0.15) is 6.61 Å². The summed E-state index contributed by atoms with van der Waals surface area (Å²) in [5.41, 5.74) is 1.57. The average Bonchev–Trinajstić information content (AvgIpc) is 2.81. The molecule has 10 nitrogen and oxygen atoms in total. The number of nitroso groups, excluding NO2 is 1. The second kappa shape index (κ2) is 10.4. The highest BCUT2D eigenvalue weighted by molar-refractivity contribution is 6.02. The minimum absolute atomic E-state index is 0.0289. The van der Waals surface area contributed by atoms with Crippen molar-refractivity contribution in [1.82, 2.24) is 0 Å². The van der Waals surface area contributed by atoms with Crippen LogP contribution in [0.2, 0.25) is 0 Å². The summed E-state index contributed by atoms with van der Waals surface area (Å²) in [6, 6.07) is 15.3. The fourth-order valence-electron chi connectivity index (χ4n) is 3.14. The maximum absolute atomic E-state index is 12.9. The number of hydrogen-bond donors (Lipinski definition) is 0. The van der Waals surface area contributed by atoms with Gasteiger partial charge in [-0.05, 0) is 29.8 Å². The van der Waals surface area contributed by atoms with E-state index in [9.17, 15) is 24.1 Å². The van der Waals surface area contributed by atoms with Crippen molar-refractivity contribution >= 4 is 29.4 Å². The maximum atomic E-state index is 12.9. The Kier molecular flexibility index (Phi) is 7.40. The molecule has 0 saturated carbocycles. The summed E-state index contributed by atoms with van der Waals surface area (Å²) >= 11 is 0. The van der Waals surface area contributed by atoms with E-state index in [0.29, 0.717) is 11.3 Å². The molecule has 2 aromatic carbocycles. The zero-order valence-electron chi connectivity index (χ0n) is 17.1. The first-order chi connectivity index (χ1) is 15.4. The van der Waals surface area contributed by atoms with E-state index in [2.05, 4.69) is 5.18 Å². The van der Waals surface area contributed by atoms with E-state index < -0.39 is 36.0 Å². The van der Waals surface area contributed by atoms with Gasteiger partial charge in [0.05, 0.1) is 12.2 Å². The molecule has 2 aromatic rings. The van der Waals surface area contributed by atoms with E-state index in [1.807, 2.05) is 30.3 Å². The van der Waals surface area contributed by atoms with E-state index in [-0.39, 0.29) is 19.8 Å². The Morgan fingerprint density at radius 1 is 1.12 bits per heavy atom. The third kappa shape index (κ3) is 5.41.